The number of ketones is 2. The smallest absolute Gasteiger partial charge is 0.203 e. The Balaban J connectivity index is 2.26. The molecule has 1 aromatic heterocycles. The number of carbonyl (C=O) groups is 2. The topological polar surface area (TPSA) is 62.8 Å². The van der Waals surface area contributed by atoms with E-state index in [1.165, 1.54) is 19.1 Å². The third kappa shape index (κ3) is 3.03. The quantitative estimate of drug-likeness (QED) is 0.689. The average Bonchev–Trinajstić information content (AvgIpc) is 2.89. The molecule has 2 aromatic rings. The molecule has 1 heterocycles. The second-order valence-corrected chi connectivity index (χ2v) is 4.10. The molecule has 4 nitrogen and oxygen atoms in total. The number of hydrogen-bond donors (Lipinski definition) is 1. The molecule has 0 spiro atoms. The molecule has 0 atom stereocenters. The normalized spacial score (nSPS) is 10.9. The van der Waals surface area contributed by atoms with Crippen molar-refractivity contribution in [1.29, 1.82) is 0 Å². The van der Waals surface area contributed by atoms with Gasteiger partial charge in [-0.2, -0.15) is 5.10 Å². The van der Waals surface area contributed by atoms with Gasteiger partial charge in [0.1, 0.15) is 5.69 Å². The van der Waals surface area contributed by atoms with Crippen LogP contribution in [0.25, 0.3) is 11.3 Å². The molecule has 0 radical (unpaired) electrons. The molecule has 0 bridgehead atoms. The van der Waals surface area contributed by atoms with E-state index in [1.54, 1.807) is 0 Å². The highest BCUT2D eigenvalue weighted by atomic mass is 19.2. The summed E-state index contributed by atoms with van der Waals surface area (Å²) in [4.78, 5) is 22.4. The Morgan fingerprint density at radius 2 is 1.90 bits per heavy atom. The van der Waals surface area contributed by atoms with Crippen molar-refractivity contribution >= 4 is 11.6 Å². The van der Waals surface area contributed by atoms with Crippen molar-refractivity contribution in [3.63, 3.8) is 0 Å². The summed E-state index contributed by atoms with van der Waals surface area (Å²) in [5.74, 6) is -2.62. The fourth-order valence-corrected chi connectivity index (χ4v) is 1.53. The molecule has 102 valence electrons. The molecule has 0 saturated heterocycles. The first-order chi connectivity index (χ1) is 9.47. The van der Waals surface area contributed by atoms with Crippen LogP contribution in [-0.4, -0.2) is 21.8 Å². The molecule has 1 aromatic carbocycles. The molecule has 2 rings (SSSR count). The number of rotatable bonds is 4. The Labute approximate surface area is 113 Å². The van der Waals surface area contributed by atoms with E-state index in [0.717, 1.165) is 24.3 Å². The minimum absolute atomic E-state index is 0.155. The SMILES string of the molecule is CC(=O)/C=C\C(=O)c1cc(-c2ccc(F)c(F)c2)n[nH]1. The van der Waals surface area contributed by atoms with E-state index >= 15 is 0 Å². The molecule has 20 heavy (non-hydrogen) atoms. The Morgan fingerprint density at radius 3 is 2.55 bits per heavy atom. The van der Waals surface area contributed by atoms with Crippen LogP contribution >= 0.6 is 0 Å². The number of allylic oxidation sites excluding steroid dienone is 2. The average molecular weight is 276 g/mol. The zero-order valence-electron chi connectivity index (χ0n) is 10.5. The van der Waals surface area contributed by atoms with Crippen LogP contribution in [-0.2, 0) is 4.79 Å². The van der Waals surface area contributed by atoms with Crippen molar-refractivity contribution in [2.24, 2.45) is 0 Å². The number of aromatic nitrogens is 2. The highest BCUT2D eigenvalue weighted by Crippen LogP contribution is 2.20. The van der Waals surface area contributed by atoms with Gasteiger partial charge in [0.15, 0.2) is 17.4 Å². The third-order valence-corrected chi connectivity index (χ3v) is 2.53. The molecule has 1 N–H and O–H groups in total. The maximum atomic E-state index is 13.1. The van der Waals surface area contributed by atoms with Gasteiger partial charge in [0.05, 0.1) is 5.69 Å². The van der Waals surface area contributed by atoms with Gasteiger partial charge < -0.3 is 0 Å². The number of hydrogen-bond acceptors (Lipinski definition) is 3. The van der Waals surface area contributed by atoms with Gasteiger partial charge in [0, 0.05) is 5.56 Å². The van der Waals surface area contributed by atoms with E-state index in [1.807, 2.05) is 0 Å². The minimum Gasteiger partial charge on any atom is -0.295 e. The van der Waals surface area contributed by atoms with E-state index < -0.39 is 17.4 Å². The Bertz CT molecular complexity index is 705. The zero-order valence-corrected chi connectivity index (χ0v) is 10.5. The number of carbonyl (C=O) groups excluding carboxylic acids is 2. The predicted molar refractivity (Wildman–Crippen MR) is 68.1 cm³/mol. The fourth-order valence-electron chi connectivity index (χ4n) is 1.53. The first-order valence-electron chi connectivity index (χ1n) is 5.71. The summed E-state index contributed by atoms with van der Waals surface area (Å²) < 4.78 is 25.9. The van der Waals surface area contributed by atoms with Crippen LogP contribution in [0.4, 0.5) is 8.78 Å². The molecule has 0 unspecified atom stereocenters. The van der Waals surface area contributed by atoms with E-state index in [9.17, 15) is 18.4 Å². The van der Waals surface area contributed by atoms with Gasteiger partial charge in [-0.1, -0.05) is 0 Å². The minimum atomic E-state index is -0.991. The molecular formula is C14H10F2N2O2. The number of H-pyrrole nitrogens is 1. The molecular weight excluding hydrogens is 266 g/mol. The standard InChI is InChI=1S/C14H10F2N2O2/c1-8(19)2-5-14(20)13-7-12(17-18-13)9-3-4-10(15)11(16)6-9/h2-7H,1H3,(H,17,18)/b5-2-. The second kappa shape index (κ2) is 5.56. The van der Waals surface area contributed by atoms with E-state index in [2.05, 4.69) is 10.2 Å². The lowest BCUT2D eigenvalue weighted by molar-refractivity contribution is -0.112. The lowest BCUT2D eigenvalue weighted by atomic mass is 10.1. The summed E-state index contributed by atoms with van der Waals surface area (Å²) in [6.07, 6.45) is 2.26. The second-order valence-electron chi connectivity index (χ2n) is 4.10. The Hall–Kier alpha value is -2.63. The zero-order chi connectivity index (χ0) is 14.7. The van der Waals surface area contributed by atoms with Gasteiger partial charge in [-0.05, 0) is 43.3 Å². The van der Waals surface area contributed by atoms with E-state index in [4.69, 9.17) is 0 Å². The largest absolute Gasteiger partial charge is 0.295 e. The number of benzene rings is 1. The third-order valence-electron chi connectivity index (χ3n) is 2.53. The molecule has 6 heteroatoms. The summed E-state index contributed by atoms with van der Waals surface area (Å²) in [6.45, 7) is 1.32. The van der Waals surface area contributed by atoms with Crippen molar-refractivity contribution in [1.82, 2.24) is 10.2 Å². The lowest BCUT2D eigenvalue weighted by Crippen LogP contribution is -1.95. The monoisotopic (exact) mass is 276 g/mol. The summed E-state index contributed by atoms with van der Waals surface area (Å²) in [5.41, 5.74) is 0.806. The molecule has 0 aliphatic heterocycles. The van der Waals surface area contributed by atoms with Crippen LogP contribution < -0.4 is 0 Å². The fraction of sp³-hybridized carbons (Fsp3) is 0.0714. The summed E-state index contributed by atoms with van der Waals surface area (Å²) in [5, 5.41) is 6.34. The van der Waals surface area contributed by atoms with Gasteiger partial charge in [0.2, 0.25) is 5.78 Å². The molecule has 0 aliphatic rings. The van der Waals surface area contributed by atoms with Gasteiger partial charge in [-0.3, -0.25) is 14.7 Å². The van der Waals surface area contributed by atoms with Crippen molar-refractivity contribution in [3.8, 4) is 11.3 Å². The van der Waals surface area contributed by atoms with Crippen LogP contribution in [0.1, 0.15) is 17.4 Å². The number of halogens is 2. The van der Waals surface area contributed by atoms with E-state index in [0.29, 0.717) is 11.3 Å². The molecule has 0 saturated carbocycles. The highest BCUT2D eigenvalue weighted by molar-refractivity contribution is 6.06. The summed E-state index contributed by atoms with van der Waals surface area (Å²) >= 11 is 0. The maximum Gasteiger partial charge on any atom is 0.203 e. The van der Waals surface area contributed by atoms with Gasteiger partial charge in [-0.25, -0.2) is 8.78 Å². The van der Waals surface area contributed by atoms with Crippen LogP contribution in [0.3, 0.4) is 0 Å². The van der Waals surface area contributed by atoms with E-state index in [-0.39, 0.29) is 11.5 Å². The maximum absolute atomic E-state index is 13.1. The van der Waals surface area contributed by atoms with Crippen molar-refractivity contribution in [2.75, 3.05) is 0 Å². The van der Waals surface area contributed by atoms with Crippen LogP contribution in [0.2, 0.25) is 0 Å². The van der Waals surface area contributed by atoms with Crippen LogP contribution in [0.15, 0.2) is 36.4 Å². The van der Waals surface area contributed by atoms with Crippen molar-refractivity contribution in [3.05, 3.63) is 53.7 Å². The molecule has 0 amide bonds. The number of nitrogens with one attached hydrogen (secondary N) is 1. The summed E-state index contributed by atoms with van der Waals surface area (Å²) in [7, 11) is 0. The van der Waals surface area contributed by atoms with Gasteiger partial charge in [-0.15, -0.1) is 0 Å². The van der Waals surface area contributed by atoms with Crippen molar-refractivity contribution in [2.45, 2.75) is 6.92 Å². The molecule has 0 fully saturated rings. The predicted octanol–water partition coefficient (Wildman–Crippen LogP) is 2.68. The van der Waals surface area contributed by atoms with Crippen LogP contribution in [0.5, 0.6) is 0 Å². The Kier molecular flexibility index (Phi) is 3.84. The molecule has 0 aliphatic carbocycles. The Morgan fingerprint density at radius 1 is 1.15 bits per heavy atom. The first-order valence-corrected chi connectivity index (χ1v) is 5.71. The van der Waals surface area contributed by atoms with Gasteiger partial charge in [0.25, 0.3) is 0 Å². The number of aromatic amines is 1. The van der Waals surface area contributed by atoms with Crippen molar-refractivity contribution < 1.29 is 18.4 Å². The highest BCUT2D eigenvalue weighted by Gasteiger charge is 2.10. The number of nitrogens with zero attached hydrogens (tertiary/aromatic N) is 1. The lowest BCUT2D eigenvalue weighted by Gasteiger charge is -1.96. The first kappa shape index (κ1) is 13.8. The van der Waals surface area contributed by atoms with Crippen LogP contribution in [0, 0.1) is 11.6 Å². The van der Waals surface area contributed by atoms with Gasteiger partial charge >= 0.3 is 0 Å². The summed E-state index contributed by atoms with van der Waals surface area (Å²) in [6, 6.07) is 4.73.